The van der Waals surface area contributed by atoms with Gasteiger partial charge in [-0.25, -0.2) is 4.39 Å². The Morgan fingerprint density at radius 2 is 2.00 bits per heavy atom. The standard InChI is InChI=1S/C13H9BrClFIN/c14-10-6-9(17)2-4-13(10)18-7-8-1-3-11(15)12(16)5-8/h1-6,18H,7H2. The van der Waals surface area contributed by atoms with Gasteiger partial charge >= 0.3 is 0 Å². The summed E-state index contributed by atoms with van der Waals surface area (Å²) in [7, 11) is 0. The van der Waals surface area contributed by atoms with Crippen LogP contribution in [0.5, 0.6) is 0 Å². The number of halogens is 4. The molecule has 18 heavy (non-hydrogen) atoms. The van der Waals surface area contributed by atoms with E-state index in [1.165, 1.54) is 6.07 Å². The molecule has 0 aliphatic heterocycles. The number of hydrogen-bond acceptors (Lipinski definition) is 1. The van der Waals surface area contributed by atoms with Crippen molar-refractivity contribution >= 4 is 55.8 Å². The monoisotopic (exact) mass is 439 g/mol. The fraction of sp³-hybridized carbons (Fsp3) is 0.0769. The van der Waals surface area contributed by atoms with Crippen LogP contribution in [0.1, 0.15) is 5.56 Å². The first-order valence-electron chi connectivity index (χ1n) is 5.19. The second-order valence-corrected chi connectivity index (χ2v) is 6.23. The summed E-state index contributed by atoms with van der Waals surface area (Å²) in [4.78, 5) is 0. The molecule has 0 saturated heterocycles. The smallest absolute Gasteiger partial charge is 0.142 e. The van der Waals surface area contributed by atoms with Gasteiger partial charge in [0.25, 0.3) is 0 Å². The predicted molar refractivity (Wildman–Crippen MR) is 85.6 cm³/mol. The molecule has 2 aromatic carbocycles. The molecule has 5 heteroatoms. The minimum atomic E-state index is -0.391. The third-order valence-electron chi connectivity index (χ3n) is 2.40. The Morgan fingerprint density at radius 1 is 1.22 bits per heavy atom. The molecule has 0 bridgehead atoms. The van der Waals surface area contributed by atoms with Gasteiger partial charge in [0.05, 0.1) is 5.02 Å². The first kappa shape index (κ1) is 14.1. The zero-order chi connectivity index (χ0) is 13.1. The highest BCUT2D eigenvalue weighted by atomic mass is 127. The summed E-state index contributed by atoms with van der Waals surface area (Å²) in [6.07, 6.45) is 0. The van der Waals surface area contributed by atoms with Crippen molar-refractivity contribution in [3.8, 4) is 0 Å². The lowest BCUT2D eigenvalue weighted by molar-refractivity contribution is 0.626. The van der Waals surface area contributed by atoms with E-state index < -0.39 is 5.82 Å². The summed E-state index contributed by atoms with van der Waals surface area (Å²) in [5, 5.41) is 3.39. The molecule has 94 valence electrons. The fourth-order valence-electron chi connectivity index (χ4n) is 1.48. The molecular weight excluding hydrogens is 431 g/mol. The van der Waals surface area contributed by atoms with Crippen LogP contribution in [-0.4, -0.2) is 0 Å². The lowest BCUT2D eigenvalue weighted by Crippen LogP contribution is -2.00. The van der Waals surface area contributed by atoms with Gasteiger partial charge in [-0.15, -0.1) is 0 Å². The summed E-state index contributed by atoms with van der Waals surface area (Å²) in [5.74, 6) is -0.391. The van der Waals surface area contributed by atoms with E-state index in [4.69, 9.17) is 11.6 Å². The van der Waals surface area contributed by atoms with E-state index in [0.717, 1.165) is 19.3 Å². The van der Waals surface area contributed by atoms with Crippen molar-refractivity contribution < 1.29 is 4.39 Å². The first-order valence-corrected chi connectivity index (χ1v) is 7.44. The molecule has 0 heterocycles. The number of nitrogens with one attached hydrogen (secondary N) is 1. The van der Waals surface area contributed by atoms with Crippen LogP contribution in [-0.2, 0) is 6.54 Å². The Morgan fingerprint density at radius 3 is 2.67 bits per heavy atom. The van der Waals surface area contributed by atoms with E-state index in [1.807, 2.05) is 18.2 Å². The average molecular weight is 440 g/mol. The number of anilines is 1. The molecule has 0 unspecified atom stereocenters. The van der Waals surface area contributed by atoms with Gasteiger partial charge in [0.2, 0.25) is 0 Å². The molecule has 0 radical (unpaired) electrons. The molecule has 2 aromatic rings. The fourth-order valence-corrected chi connectivity index (χ4v) is 3.04. The molecule has 0 fully saturated rings. The minimum absolute atomic E-state index is 0.147. The van der Waals surface area contributed by atoms with E-state index in [0.29, 0.717) is 6.54 Å². The van der Waals surface area contributed by atoms with E-state index in [-0.39, 0.29) is 5.02 Å². The van der Waals surface area contributed by atoms with Gasteiger partial charge in [-0.1, -0.05) is 17.7 Å². The third kappa shape index (κ3) is 3.59. The van der Waals surface area contributed by atoms with E-state index in [9.17, 15) is 4.39 Å². The topological polar surface area (TPSA) is 12.0 Å². The summed E-state index contributed by atoms with van der Waals surface area (Å²) in [6.45, 7) is 0.549. The van der Waals surface area contributed by atoms with Crippen molar-refractivity contribution in [1.82, 2.24) is 0 Å². The second-order valence-electron chi connectivity index (χ2n) is 3.73. The van der Waals surface area contributed by atoms with Crippen LogP contribution < -0.4 is 5.32 Å². The van der Waals surface area contributed by atoms with Crippen molar-refractivity contribution in [3.63, 3.8) is 0 Å². The van der Waals surface area contributed by atoms with Gasteiger partial charge < -0.3 is 5.32 Å². The van der Waals surface area contributed by atoms with E-state index >= 15 is 0 Å². The SMILES string of the molecule is Fc1cc(CNc2ccc(I)cc2Br)ccc1Cl. The largest absolute Gasteiger partial charge is 0.380 e. The van der Waals surface area contributed by atoms with Crippen LogP contribution in [0.15, 0.2) is 40.9 Å². The normalized spacial score (nSPS) is 10.4. The Kier molecular flexibility index (Phi) is 4.86. The Hall–Kier alpha value is -0.330. The highest BCUT2D eigenvalue weighted by Gasteiger charge is 2.03. The lowest BCUT2D eigenvalue weighted by atomic mass is 10.2. The molecule has 0 amide bonds. The summed E-state index contributed by atoms with van der Waals surface area (Å²) in [6, 6.07) is 10.8. The molecular formula is C13H9BrClFIN. The molecule has 2 rings (SSSR count). The van der Waals surface area contributed by atoms with Gasteiger partial charge in [-0.05, 0) is 74.4 Å². The van der Waals surface area contributed by atoms with E-state index in [2.05, 4.69) is 43.8 Å². The second kappa shape index (κ2) is 6.21. The molecule has 1 nitrogen and oxygen atoms in total. The van der Waals surface area contributed by atoms with Gasteiger partial charge in [0.15, 0.2) is 0 Å². The molecule has 0 aromatic heterocycles. The Bertz CT molecular complexity index is 577. The molecule has 0 aliphatic rings. The van der Waals surface area contributed by atoms with Crippen molar-refractivity contribution in [3.05, 3.63) is 60.8 Å². The number of rotatable bonds is 3. The van der Waals surface area contributed by atoms with Crippen LogP contribution in [0.3, 0.4) is 0 Å². The molecule has 0 atom stereocenters. The van der Waals surface area contributed by atoms with Crippen LogP contribution in [0, 0.1) is 9.39 Å². The maximum absolute atomic E-state index is 13.3. The van der Waals surface area contributed by atoms with Crippen LogP contribution >= 0.6 is 50.1 Å². The van der Waals surface area contributed by atoms with Crippen molar-refractivity contribution in [2.45, 2.75) is 6.54 Å². The van der Waals surface area contributed by atoms with Crippen molar-refractivity contribution in [2.75, 3.05) is 5.32 Å². The molecule has 0 saturated carbocycles. The summed E-state index contributed by atoms with van der Waals surface area (Å²) >= 11 is 11.4. The van der Waals surface area contributed by atoms with Gasteiger partial charge in [0, 0.05) is 20.3 Å². The van der Waals surface area contributed by atoms with E-state index in [1.54, 1.807) is 12.1 Å². The molecule has 0 aliphatic carbocycles. The Labute approximate surface area is 132 Å². The van der Waals surface area contributed by atoms with Crippen LogP contribution in [0.4, 0.5) is 10.1 Å². The van der Waals surface area contributed by atoms with Crippen molar-refractivity contribution in [2.24, 2.45) is 0 Å². The lowest BCUT2D eigenvalue weighted by Gasteiger charge is -2.09. The van der Waals surface area contributed by atoms with Crippen LogP contribution in [0.2, 0.25) is 5.02 Å². The molecule has 0 spiro atoms. The summed E-state index contributed by atoms with van der Waals surface area (Å²) < 4.78 is 15.4. The van der Waals surface area contributed by atoms with Gasteiger partial charge in [-0.3, -0.25) is 0 Å². The van der Waals surface area contributed by atoms with Crippen molar-refractivity contribution in [1.29, 1.82) is 0 Å². The minimum Gasteiger partial charge on any atom is -0.380 e. The maximum Gasteiger partial charge on any atom is 0.142 e. The highest BCUT2D eigenvalue weighted by Crippen LogP contribution is 2.25. The number of benzene rings is 2. The zero-order valence-electron chi connectivity index (χ0n) is 9.18. The van der Waals surface area contributed by atoms with Gasteiger partial charge in [0.1, 0.15) is 5.82 Å². The summed E-state index contributed by atoms with van der Waals surface area (Å²) in [5.41, 5.74) is 1.83. The zero-order valence-corrected chi connectivity index (χ0v) is 13.7. The quantitative estimate of drug-likeness (QED) is 0.625. The Balaban J connectivity index is 2.09. The maximum atomic E-state index is 13.3. The predicted octanol–water partition coefficient (Wildman–Crippen LogP) is 5.46. The average Bonchev–Trinajstić information content (AvgIpc) is 2.32. The van der Waals surface area contributed by atoms with Gasteiger partial charge in [-0.2, -0.15) is 0 Å². The highest BCUT2D eigenvalue weighted by molar-refractivity contribution is 14.1. The third-order valence-corrected chi connectivity index (χ3v) is 4.03. The first-order chi connectivity index (χ1) is 8.56. The number of hydrogen-bond donors (Lipinski definition) is 1. The molecule has 1 N–H and O–H groups in total. The van der Waals surface area contributed by atoms with Crippen LogP contribution in [0.25, 0.3) is 0 Å².